The number of fused-ring (bicyclic) bond motifs is 1. The summed E-state index contributed by atoms with van der Waals surface area (Å²) in [6.07, 6.45) is 0. The Morgan fingerprint density at radius 2 is 1.90 bits per heavy atom. The fourth-order valence-corrected chi connectivity index (χ4v) is 5.00. The van der Waals surface area contributed by atoms with Crippen LogP contribution in [0.25, 0.3) is 0 Å². The summed E-state index contributed by atoms with van der Waals surface area (Å²) in [6, 6.07) is 14.4. The van der Waals surface area contributed by atoms with Gasteiger partial charge in [-0.2, -0.15) is 0 Å². The summed E-state index contributed by atoms with van der Waals surface area (Å²) in [7, 11) is 3.86. The van der Waals surface area contributed by atoms with E-state index in [-0.39, 0.29) is 5.91 Å². The minimum absolute atomic E-state index is 0.0521. The molecule has 2 heterocycles. The van der Waals surface area contributed by atoms with Crippen molar-refractivity contribution in [2.45, 2.75) is 13.0 Å². The van der Waals surface area contributed by atoms with E-state index in [0.29, 0.717) is 42.3 Å². The van der Waals surface area contributed by atoms with Crippen molar-refractivity contribution in [2.24, 2.45) is 17.6 Å². The zero-order chi connectivity index (χ0) is 21.3. The SMILES string of the molecule is COc1ccc([C@H]2[C@@H]3CN(C(=O)c4cc(C)ccc4OCCN)C[C@@H]3CN2C)cc1. The van der Waals surface area contributed by atoms with Gasteiger partial charge in [-0.1, -0.05) is 23.8 Å². The first kappa shape index (κ1) is 20.7. The number of benzene rings is 2. The Kier molecular flexibility index (Phi) is 5.97. The number of carbonyl (C=O) groups excluding carboxylic acids is 1. The molecule has 2 saturated heterocycles. The number of hydrogen-bond acceptors (Lipinski definition) is 5. The molecule has 0 saturated carbocycles. The number of nitrogens with two attached hydrogens (primary N) is 1. The Bertz CT molecular complexity index is 899. The third kappa shape index (κ3) is 3.89. The van der Waals surface area contributed by atoms with E-state index in [9.17, 15) is 4.79 Å². The smallest absolute Gasteiger partial charge is 0.257 e. The van der Waals surface area contributed by atoms with Crippen LogP contribution in [0, 0.1) is 18.8 Å². The van der Waals surface area contributed by atoms with E-state index >= 15 is 0 Å². The van der Waals surface area contributed by atoms with Crippen molar-refractivity contribution < 1.29 is 14.3 Å². The zero-order valence-electron chi connectivity index (χ0n) is 18.0. The second-order valence-corrected chi connectivity index (χ2v) is 8.43. The third-order valence-electron chi connectivity index (χ3n) is 6.38. The Morgan fingerprint density at radius 3 is 2.60 bits per heavy atom. The first-order valence-corrected chi connectivity index (χ1v) is 10.6. The van der Waals surface area contributed by atoms with E-state index < -0.39 is 0 Å². The van der Waals surface area contributed by atoms with Gasteiger partial charge in [-0.05, 0) is 49.7 Å². The predicted molar refractivity (Wildman–Crippen MR) is 117 cm³/mol. The van der Waals surface area contributed by atoms with Gasteiger partial charge < -0.3 is 20.1 Å². The molecule has 1 amide bonds. The highest BCUT2D eigenvalue weighted by Gasteiger charge is 2.47. The van der Waals surface area contributed by atoms with E-state index in [1.165, 1.54) is 5.56 Å². The molecule has 0 radical (unpaired) electrons. The van der Waals surface area contributed by atoms with Crippen molar-refractivity contribution in [2.75, 3.05) is 46.9 Å². The summed E-state index contributed by atoms with van der Waals surface area (Å²) >= 11 is 0. The average Bonchev–Trinajstić information content (AvgIpc) is 3.29. The van der Waals surface area contributed by atoms with Crippen LogP contribution >= 0.6 is 0 Å². The van der Waals surface area contributed by atoms with Crippen molar-refractivity contribution in [1.82, 2.24) is 9.80 Å². The third-order valence-corrected chi connectivity index (χ3v) is 6.38. The van der Waals surface area contributed by atoms with Crippen molar-refractivity contribution in [3.63, 3.8) is 0 Å². The van der Waals surface area contributed by atoms with Gasteiger partial charge in [0.15, 0.2) is 0 Å². The van der Waals surface area contributed by atoms with E-state index in [4.69, 9.17) is 15.2 Å². The molecule has 0 spiro atoms. The maximum Gasteiger partial charge on any atom is 0.257 e. The Labute approximate surface area is 178 Å². The van der Waals surface area contributed by atoms with Gasteiger partial charge in [-0.15, -0.1) is 0 Å². The summed E-state index contributed by atoms with van der Waals surface area (Å²) < 4.78 is 11.1. The molecule has 3 atom stereocenters. The van der Waals surface area contributed by atoms with Crippen LogP contribution < -0.4 is 15.2 Å². The Balaban J connectivity index is 1.54. The molecule has 0 bridgehead atoms. The van der Waals surface area contributed by atoms with Crippen LogP contribution in [0.5, 0.6) is 11.5 Å². The summed E-state index contributed by atoms with van der Waals surface area (Å²) in [5.74, 6) is 2.44. The van der Waals surface area contributed by atoms with Gasteiger partial charge in [0.25, 0.3) is 5.91 Å². The number of rotatable bonds is 6. The van der Waals surface area contributed by atoms with Gasteiger partial charge >= 0.3 is 0 Å². The highest BCUT2D eigenvalue weighted by atomic mass is 16.5. The zero-order valence-corrected chi connectivity index (χ0v) is 18.0. The van der Waals surface area contributed by atoms with Crippen molar-refractivity contribution in [3.05, 3.63) is 59.2 Å². The van der Waals surface area contributed by atoms with Crippen LogP contribution in [0.3, 0.4) is 0 Å². The lowest BCUT2D eigenvalue weighted by Gasteiger charge is -2.27. The molecule has 160 valence electrons. The summed E-state index contributed by atoms with van der Waals surface area (Å²) in [5.41, 5.74) is 8.55. The van der Waals surface area contributed by atoms with Gasteiger partial charge in [-0.25, -0.2) is 0 Å². The van der Waals surface area contributed by atoms with Crippen molar-refractivity contribution >= 4 is 5.91 Å². The average molecular weight is 410 g/mol. The topological polar surface area (TPSA) is 68.0 Å². The number of ether oxygens (including phenoxy) is 2. The first-order chi connectivity index (χ1) is 14.5. The lowest BCUT2D eigenvalue weighted by Crippen LogP contribution is -2.33. The highest BCUT2D eigenvalue weighted by Crippen LogP contribution is 2.44. The lowest BCUT2D eigenvalue weighted by atomic mass is 9.89. The number of likely N-dealkylation sites (tertiary alicyclic amines) is 2. The van der Waals surface area contributed by atoms with Crippen LogP contribution in [-0.2, 0) is 0 Å². The molecule has 6 nitrogen and oxygen atoms in total. The molecule has 2 aliphatic rings. The number of hydrogen-bond donors (Lipinski definition) is 1. The van der Waals surface area contributed by atoms with Gasteiger partial charge in [0.2, 0.25) is 0 Å². The lowest BCUT2D eigenvalue weighted by molar-refractivity contribution is 0.0763. The molecule has 30 heavy (non-hydrogen) atoms. The summed E-state index contributed by atoms with van der Waals surface area (Å²) in [5, 5.41) is 0. The molecule has 2 N–H and O–H groups in total. The second kappa shape index (κ2) is 8.66. The fraction of sp³-hybridized carbons (Fsp3) is 0.458. The molecule has 4 rings (SSSR count). The highest BCUT2D eigenvalue weighted by molar-refractivity contribution is 5.97. The minimum Gasteiger partial charge on any atom is -0.497 e. The maximum atomic E-state index is 13.4. The number of nitrogens with zero attached hydrogens (tertiary/aromatic N) is 2. The number of aryl methyl sites for hydroxylation is 1. The molecule has 0 unspecified atom stereocenters. The molecular formula is C24H31N3O3. The van der Waals surface area contributed by atoms with Gasteiger partial charge in [0.05, 0.1) is 12.7 Å². The summed E-state index contributed by atoms with van der Waals surface area (Å²) in [6.45, 7) is 5.36. The van der Waals surface area contributed by atoms with Crippen molar-refractivity contribution in [3.8, 4) is 11.5 Å². The molecule has 0 aromatic heterocycles. The number of amides is 1. The monoisotopic (exact) mass is 409 g/mol. The van der Waals surface area contributed by atoms with E-state index in [1.54, 1.807) is 7.11 Å². The van der Waals surface area contributed by atoms with Crippen LogP contribution in [0.4, 0.5) is 0 Å². The van der Waals surface area contributed by atoms with Crippen LogP contribution in [0.1, 0.15) is 27.5 Å². The number of carbonyl (C=O) groups is 1. The van der Waals surface area contributed by atoms with Gasteiger partial charge in [0, 0.05) is 38.1 Å². The summed E-state index contributed by atoms with van der Waals surface area (Å²) in [4.78, 5) is 17.8. The van der Waals surface area contributed by atoms with Crippen LogP contribution in [0.15, 0.2) is 42.5 Å². The molecule has 2 aromatic rings. The largest absolute Gasteiger partial charge is 0.497 e. The predicted octanol–water partition coefficient (Wildman–Crippen LogP) is 2.72. The van der Waals surface area contributed by atoms with Gasteiger partial charge in [0.1, 0.15) is 18.1 Å². The van der Waals surface area contributed by atoms with E-state index in [1.807, 2.05) is 42.2 Å². The fourth-order valence-electron chi connectivity index (χ4n) is 5.00. The molecule has 2 aromatic carbocycles. The molecule has 6 heteroatoms. The molecule has 2 fully saturated rings. The normalized spacial score (nSPS) is 23.5. The Morgan fingerprint density at radius 1 is 1.13 bits per heavy atom. The van der Waals surface area contributed by atoms with Crippen LogP contribution in [0.2, 0.25) is 0 Å². The standard InChI is InChI=1S/C24H31N3O3/c1-16-4-9-22(30-11-10-25)20(12-16)24(28)27-14-18-13-26(2)23(21(18)15-27)17-5-7-19(29-3)8-6-17/h4-9,12,18,21,23H,10-11,13-15,25H2,1-3H3/t18-,21+,23-/m0/s1. The molecular weight excluding hydrogens is 378 g/mol. The quantitative estimate of drug-likeness (QED) is 0.795. The van der Waals surface area contributed by atoms with Crippen molar-refractivity contribution in [1.29, 1.82) is 0 Å². The number of methoxy groups -OCH3 is 1. The Hall–Kier alpha value is -2.57. The minimum atomic E-state index is 0.0521. The second-order valence-electron chi connectivity index (χ2n) is 8.43. The van der Waals surface area contributed by atoms with Gasteiger partial charge in [-0.3, -0.25) is 9.69 Å². The molecule has 0 aliphatic carbocycles. The first-order valence-electron chi connectivity index (χ1n) is 10.6. The molecule has 2 aliphatic heterocycles. The van der Waals surface area contributed by atoms with E-state index in [0.717, 1.165) is 30.9 Å². The maximum absolute atomic E-state index is 13.4. The van der Waals surface area contributed by atoms with Crippen LogP contribution in [-0.4, -0.2) is 62.7 Å². The van der Waals surface area contributed by atoms with E-state index in [2.05, 4.69) is 24.1 Å².